The first kappa shape index (κ1) is 14.1. The van der Waals surface area contributed by atoms with E-state index in [1.807, 2.05) is 0 Å². The summed E-state index contributed by atoms with van der Waals surface area (Å²) in [5.41, 5.74) is -0.156. The molecule has 0 saturated carbocycles. The van der Waals surface area contributed by atoms with Crippen LogP contribution in [0.5, 0.6) is 0 Å². The quantitative estimate of drug-likeness (QED) is 0.835. The monoisotopic (exact) mass is 298 g/mol. The van der Waals surface area contributed by atoms with Crippen molar-refractivity contribution in [3.63, 3.8) is 0 Å². The Morgan fingerprint density at radius 3 is 2.32 bits per heavy atom. The van der Waals surface area contributed by atoms with Crippen LogP contribution in [0, 0.1) is 5.82 Å². The Balaban J connectivity index is 2.53. The van der Waals surface area contributed by atoms with Crippen LogP contribution in [-0.2, 0) is 9.84 Å². The summed E-state index contributed by atoms with van der Waals surface area (Å²) in [6.07, 6.45) is 0. The number of hydrogen-bond donors (Lipinski definition) is 1. The van der Waals surface area contributed by atoms with Gasteiger partial charge >= 0.3 is 5.51 Å². The molecule has 106 valence electrons. The molecule has 0 radical (unpaired) electrons. The van der Waals surface area contributed by atoms with E-state index in [-0.39, 0.29) is 24.8 Å². The van der Waals surface area contributed by atoms with Crippen LogP contribution in [-0.4, -0.2) is 33.1 Å². The molecule has 1 aliphatic heterocycles. The maximum atomic E-state index is 13.1. The van der Waals surface area contributed by atoms with Crippen molar-refractivity contribution in [3.8, 4) is 0 Å². The average Bonchev–Trinajstić information content (AvgIpc) is 2.23. The molecule has 0 amide bonds. The van der Waals surface area contributed by atoms with E-state index in [0.29, 0.717) is 6.07 Å². The average molecular weight is 298 g/mol. The summed E-state index contributed by atoms with van der Waals surface area (Å²) in [6.45, 7) is 0.456. The summed E-state index contributed by atoms with van der Waals surface area (Å²) in [7, 11) is -5.59. The normalized spacial score (nSPS) is 17.4. The number of benzene rings is 1. The standard InChI is InChI=1S/C10H10F4N2O2S/c11-6-1-2-8(16-4-7(15)5-16)9(3-6)19(17,18)10(12,13)14/h1-3,7H,4-5,15H2. The van der Waals surface area contributed by atoms with Crippen molar-refractivity contribution in [2.45, 2.75) is 16.4 Å². The maximum absolute atomic E-state index is 13.1. The molecular formula is C10H10F4N2O2S. The van der Waals surface area contributed by atoms with Crippen molar-refractivity contribution in [2.24, 2.45) is 5.73 Å². The van der Waals surface area contributed by atoms with Gasteiger partial charge in [-0.2, -0.15) is 13.2 Å². The number of nitrogens with two attached hydrogens (primary N) is 1. The Morgan fingerprint density at radius 1 is 1.26 bits per heavy atom. The third-order valence-corrected chi connectivity index (χ3v) is 4.28. The molecule has 1 saturated heterocycles. The van der Waals surface area contributed by atoms with Gasteiger partial charge in [0.1, 0.15) is 10.7 Å². The second-order valence-corrected chi connectivity index (χ2v) is 6.14. The van der Waals surface area contributed by atoms with Crippen LogP contribution in [0.25, 0.3) is 0 Å². The molecule has 19 heavy (non-hydrogen) atoms. The summed E-state index contributed by atoms with van der Waals surface area (Å²) in [5, 5.41) is 0. The van der Waals surface area contributed by atoms with Gasteiger partial charge in [0.25, 0.3) is 9.84 Å². The molecule has 1 aromatic rings. The number of anilines is 1. The van der Waals surface area contributed by atoms with E-state index in [0.717, 1.165) is 12.1 Å². The molecule has 4 nitrogen and oxygen atoms in total. The van der Waals surface area contributed by atoms with E-state index >= 15 is 0 Å². The van der Waals surface area contributed by atoms with Gasteiger partial charge in [0.15, 0.2) is 0 Å². The second-order valence-electron chi connectivity index (χ2n) is 4.23. The van der Waals surface area contributed by atoms with Crippen molar-refractivity contribution in [3.05, 3.63) is 24.0 Å². The second kappa shape index (κ2) is 4.34. The van der Waals surface area contributed by atoms with Crippen molar-refractivity contribution >= 4 is 15.5 Å². The minimum absolute atomic E-state index is 0.180. The number of rotatable bonds is 2. The van der Waals surface area contributed by atoms with Gasteiger partial charge in [-0.05, 0) is 18.2 Å². The molecule has 1 aliphatic rings. The van der Waals surface area contributed by atoms with Crippen LogP contribution >= 0.6 is 0 Å². The Kier molecular flexibility index (Phi) is 3.21. The van der Waals surface area contributed by atoms with E-state index in [9.17, 15) is 26.0 Å². The highest BCUT2D eigenvalue weighted by Crippen LogP contribution is 2.37. The molecule has 0 atom stereocenters. The number of sulfone groups is 1. The van der Waals surface area contributed by atoms with Crippen LogP contribution in [0.4, 0.5) is 23.2 Å². The van der Waals surface area contributed by atoms with Crippen molar-refractivity contribution in [1.82, 2.24) is 0 Å². The highest BCUT2D eigenvalue weighted by molar-refractivity contribution is 7.92. The van der Waals surface area contributed by atoms with Gasteiger partial charge in [0.05, 0.1) is 5.69 Å². The van der Waals surface area contributed by atoms with Crippen LogP contribution in [0.15, 0.2) is 23.1 Å². The lowest BCUT2D eigenvalue weighted by molar-refractivity contribution is -0.0435. The van der Waals surface area contributed by atoms with Crippen molar-refractivity contribution in [1.29, 1.82) is 0 Å². The molecule has 0 unspecified atom stereocenters. The van der Waals surface area contributed by atoms with Gasteiger partial charge in [-0.25, -0.2) is 12.8 Å². The molecule has 1 fully saturated rings. The van der Waals surface area contributed by atoms with E-state index < -0.39 is 26.1 Å². The minimum Gasteiger partial charge on any atom is -0.367 e. The first-order valence-electron chi connectivity index (χ1n) is 5.24. The van der Waals surface area contributed by atoms with Gasteiger partial charge in [-0.15, -0.1) is 0 Å². The first-order valence-corrected chi connectivity index (χ1v) is 6.72. The fourth-order valence-electron chi connectivity index (χ4n) is 1.80. The van der Waals surface area contributed by atoms with Gasteiger partial charge in [-0.1, -0.05) is 0 Å². The van der Waals surface area contributed by atoms with E-state index in [1.54, 1.807) is 0 Å². The molecule has 1 heterocycles. The fraction of sp³-hybridized carbons (Fsp3) is 0.400. The molecule has 0 aromatic heterocycles. The predicted molar refractivity (Wildman–Crippen MR) is 59.8 cm³/mol. The first-order chi connectivity index (χ1) is 8.63. The van der Waals surface area contributed by atoms with Crippen LogP contribution < -0.4 is 10.6 Å². The number of halogens is 4. The molecular weight excluding hydrogens is 288 g/mol. The van der Waals surface area contributed by atoms with Crippen molar-refractivity contribution in [2.75, 3.05) is 18.0 Å². The lowest BCUT2D eigenvalue weighted by atomic mass is 10.1. The zero-order chi connectivity index (χ0) is 14.4. The molecule has 9 heteroatoms. The zero-order valence-electron chi connectivity index (χ0n) is 9.48. The molecule has 0 aliphatic carbocycles. The largest absolute Gasteiger partial charge is 0.501 e. The Hall–Kier alpha value is -1.35. The highest BCUT2D eigenvalue weighted by atomic mass is 32.2. The molecule has 0 bridgehead atoms. The topological polar surface area (TPSA) is 63.4 Å². The van der Waals surface area contributed by atoms with E-state index in [1.165, 1.54) is 4.90 Å². The molecule has 1 aromatic carbocycles. The Morgan fingerprint density at radius 2 is 1.84 bits per heavy atom. The summed E-state index contributed by atoms with van der Waals surface area (Å²) < 4.78 is 73.5. The third kappa shape index (κ3) is 2.39. The van der Waals surface area contributed by atoms with Crippen LogP contribution in [0.3, 0.4) is 0 Å². The van der Waals surface area contributed by atoms with Gasteiger partial charge in [0, 0.05) is 19.1 Å². The number of nitrogens with zero attached hydrogens (tertiary/aromatic N) is 1. The van der Waals surface area contributed by atoms with Gasteiger partial charge < -0.3 is 10.6 Å². The Bertz CT molecular complexity index is 594. The molecule has 2 rings (SSSR count). The minimum atomic E-state index is -5.59. The van der Waals surface area contributed by atoms with E-state index in [4.69, 9.17) is 5.73 Å². The summed E-state index contributed by atoms with van der Waals surface area (Å²) in [6, 6.07) is 2.07. The number of hydrogen-bond acceptors (Lipinski definition) is 4. The highest BCUT2D eigenvalue weighted by Gasteiger charge is 2.49. The smallest absolute Gasteiger partial charge is 0.367 e. The van der Waals surface area contributed by atoms with Gasteiger partial charge in [-0.3, -0.25) is 0 Å². The number of alkyl halides is 3. The molecule has 2 N–H and O–H groups in total. The van der Waals surface area contributed by atoms with Gasteiger partial charge in [0.2, 0.25) is 0 Å². The molecule has 0 spiro atoms. The SMILES string of the molecule is NC1CN(c2ccc(F)cc2S(=O)(=O)C(F)(F)F)C1. The summed E-state index contributed by atoms with van der Waals surface area (Å²) in [4.78, 5) is 0.287. The van der Waals surface area contributed by atoms with E-state index in [2.05, 4.69) is 0 Å². The summed E-state index contributed by atoms with van der Waals surface area (Å²) in [5.74, 6) is -1.05. The Labute approximate surface area is 106 Å². The fourth-order valence-corrected chi connectivity index (χ4v) is 2.79. The lowest BCUT2D eigenvalue weighted by Crippen LogP contribution is -2.56. The van der Waals surface area contributed by atoms with Crippen LogP contribution in [0.2, 0.25) is 0 Å². The van der Waals surface area contributed by atoms with Crippen molar-refractivity contribution < 1.29 is 26.0 Å². The maximum Gasteiger partial charge on any atom is 0.501 e. The predicted octanol–water partition coefficient (Wildman–Crippen LogP) is 1.27. The van der Waals surface area contributed by atoms with Crippen LogP contribution in [0.1, 0.15) is 0 Å². The lowest BCUT2D eigenvalue weighted by Gasteiger charge is -2.39. The summed E-state index contributed by atoms with van der Waals surface area (Å²) >= 11 is 0. The third-order valence-electron chi connectivity index (χ3n) is 2.77. The zero-order valence-corrected chi connectivity index (χ0v) is 10.3.